The minimum atomic E-state index is -3.53. The first-order chi connectivity index (χ1) is 15.8. The van der Waals surface area contributed by atoms with Crippen LogP contribution in [0.15, 0.2) is 29.2 Å². The summed E-state index contributed by atoms with van der Waals surface area (Å²) >= 11 is 0. The minimum absolute atomic E-state index is 0.0886. The van der Waals surface area contributed by atoms with Crippen LogP contribution in [0.5, 0.6) is 0 Å². The van der Waals surface area contributed by atoms with Gasteiger partial charge in [0.15, 0.2) is 0 Å². The molecule has 1 aromatic carbocycles. The number of benzene rings is 1. The molecule has 3 heterocycles. The van der Waals surface area contributed by atoms with E-state index in [1.54, 1.807) is 17.0 Å². The summed E-state index contributed by atoms with van der Waals surface area (Å²) in [6.45, 7) is 8.44. The largest absolute Gasteiger partial charge is 0.379 e. The van der Waals surface area contributed by atoms with Crippen molar-refractivity contribution in [2.45, 2.75) is 24.7 Å². The average molecular weight is 479 g/mol. The minimum Gasteiger partial charge on any atom is -0.379 e. The third-order valence-electron chi connectivity index (χ3n) is 6.86. The van der Waals surface area contributed by atoms with Crippen molar-refractivity contribution in [2.75, 3.05) is 72.1 Å². The highest BCUT2D eigenvalue weighted by molar-refractivity contribution is 7.89. The van der Waals surface area contributed by atoms with Crippen molar-refractivity contribution in [3.63, 3.8) is 0 Å². The molecule has 4 rings (SSSR count). The van der Waals surface area contributed by atoms with Gasteiger partial charge in [0.25, 0.3) is 5.91 Å². The van der Waals surface area contributed by atoms with Crippen molar-refractivity contribution < 1.29 is 22.7 Å². The van der Waals surface area contributed by atoms with Gasteiger partial charge in [-0.3, -0.25) is 14.5 Å². The molecular formula is C23H34N4O5S. The van der Waals surface area contributed by atoms with Crippen LogP contribution in [0.25, 0.3) is 0 Å². The predicted octanol–water partition coefficient (Wildman–Crippen LogP) is 0.724. The highest BCUT2D eigenvalue weighted by atomic mass is 32.2. The molecule has 0 unspecified atom stereocenters. The van der Waals surface area contributed by atoms with E-state index in [9.17, 15) is 18.0 Å². The van der Waals surface area contributed by atoms with Crippen molar-refractivity contribution in [3.8, 4) is 0 Å². The van der Waals surface area contributed by atoms with E-state index in [1.807, 2.05) is 4.90 Å². The van der Waals surface area contributed by atoms with E-state index in [0.29, 0.717) is 70.5 Å². The lowest BCUT2D eigenvalue weighted by Gasteiger charge is -2.36. The van der Waals surface area contributed by atoms with Gasteiger partial charge in [0.05, 0.1) is 24.7 Å². The van der Waals surface area contributed by atoms with Crippen LogP contribution in [-0.2, 0) is 19.6 Å². The standard InChI is InChI=1S/C23H34N4O5S/c1-19-6-8-27(9-7-19)33(30,31)21-4-2-20(3-5-21)23(29)26-12-10-25(11-13-26)22(28)18-24-14-16-32-17-15-24/h2-5,19H,6-18H2,1H3. The number of rotatable bonds is 5. The second-order valence-electron chi connectivity index (χ2n) is 9.17. The lowest BCUT2D eigenvalue weighted by Crippen LogP contribution is -2.53. The van der Waals surface area contributed by atoms with Crippen molar-refractivity contribution >= 4 is 21.8 Å². The number of piperidine rings is 1. The highest BCUT2D eigenvalue weighted by Gasteiger charge is 2.29. The molecule has 0 radical (unpaired) electrons. The molecule has 0 aliphatic carbocycles. The Bertz CT molecular complexity index is 930. The van der Waals surface area contributed by atoms with Gasteiger partial charge in [-0.2, -0.15) is 4.31 Å². The van der Waals surface area contributed by atoms with Crippen LogP contribution in [0.1, 0.15) is 30.1 Å². The number of carbonyl (C=O) groups excluding carboxylic acids is 2. The van der Waals surface area contributed by atoms with E-state index in [2.05, 4.69) is 11.8 Å². The van der Waals surface area contributed by atoms with Crippen LogP contribution in [0.2, 0.25) is 0 Å². The number of carbonyl (C=O) groups is 2. The quantitative estimate of drug-likeness (QED) is 0.620. The van der Waals surface area contributed by atoms with Gasteiger partial charge in [0.1, 0.15) is 0 Å². The normalized spacial score (nSPS) is 21.8. The zero-order valence-corrected chi connectivity index (χ0v) is 20.1. The predicted molar refractivity (Wildman–Crippen MR) is 123 cm³/mol. The van der Waals surface area contributed by atoms with E-state index in [1.165, 1.54) is 16.4 Å². The van der Waals surface area contributed by atoms with Gasteiger partial charge >= 0.3 is 0 Å². The van der Waals surface area contributed by atoms with Gasteiger partial charge in [-0.1, -0.05) is 6.92 Å². The summed E-state index contributed by atoms with van der Waals surface area (Å²) in [5.41, 5.74) is 0.467. The Balaban J connectivity index is 1.30. The molecule has 0 aromatic heterocycles. The molecule has 2 amide bonds. The maximum absolute atomic E-state index is 12.9. The number of nitrogens with zero attached hydrogens (tertiary/aromatic N) is 4. The van der Waals surface area contributed by atoms with Crippen LogP contribution in [-0.4, -0.2) is 111 Å². The second kappa shape index (κ2) is 10.5. The van der Waals surface area contributed by atoms with Crippen molar-refractivity contribution in [3.05, 3.63) is 29.8 Å². The molecule has 3 aliphatic rings. The van der Waals surface area contributed by atoms with Gasteiger partial charge < -0.3 is 14.5 Å². The summed E-state index contributed by atoms with van der Waals surface area (Å²) < 4.78 is 32.7. The Morgan fingerprint density at radius 1 is 0.879 bits per heavy atom. The molecule has 182 valence electrons. The molecule has 9 nitrogen and oxygen atoms in total. The average Bonchev–Trinajstić information content (AvgIpc) is 2.84. The van der Waals surface area contributed by atoms with Crippen molar-refractivity contribution in [2.24, 2.45) is 5.92 Å². The van der Waals surface area contributed by atoms with Crippen molar-refractivity contribution in [1.29, 1.82) is 0 Å². The second-order valence-corrected chi connectivity index (χ2v) is 11.1. The topological polar surface area (TPSA) is 90.5 Å². The summed E-state index contributed by atoms with van der Waals surface area (Å²) in [7, 11) is -3.53. The van der Waals surface area contributed by atoms with Crippen LogP contribution in [0, 0.1) is 5.92 Å². The molecule has 0 N–H and O–H groups in total. The third-order valence-corrected chi connectivity index (χ3v) is 8.78. The first-order valence-corrected chi connectivity index (χ1v) is 13.3. The molecule has 0 atom stereocenters. The fraction of sp³-hybridized carbons (Fsp3) is 0.652. The fourth-order valence-corrected chi connectivity index (χ4v) is 6.01. The molecule has 0 bridgehead atoms. The molecule has 0 saturated carbocycles. The lowest BCUT2D eigenvalue weighted by molar-refractivity contribution is -0.134. The Hall–Kier alpha value is -2.01. The number of morpholine rings is 1. The Morgan fingerprint density at radius 3 is 2.06 bits per heavy atom. The van der Waals surface area contributed by atoms with Gasteiger partial charge in [-0.15, -0.1) is 0 Å². The molecule has 3 saturated heterocycles. The summed E-state index contributed by atoms with van der Waals surface area (Å²) in [4.78, 5) is 31.4. The van der Waals surface area contributed by atoms with E-state index in [4.69, 9.17) is 4.74 Å². The van der Waals surface area contributed by atoms with Gasteiger partial charge in [-0.25, -0.2) is 8.42 Å². The number of sulfonamides is 1. The van der Waals surface area contributed by atoms with E-state index < -0.39 is 10.0 Å². The SMILES string of the molecule is CC1CCN(S(=O)(=O)c2ccc(C(=O)N3CCN(C(=O)CN4CCOCC4)CC3)cc2)CC1. The summed E-state index contributed by atoms with van der Waals surface area (Å²) in [5, 5.41) is 0. The van der Waals surface area contributed by atoms with E-state index >= 15 is 0 Å². The first kappa shape index (κ1) is 24.1. The molecule has 3 aliphatic heterocycles. The summed E-state index contributed by atoms with van der Waals surface area (Å²) in [6.07, 6.45) is 1.74. The lowest BCUT2D eigenvalue weighted by atomic mass is 10.0. The van der Waals surface area contributed by atoms with Gasteiger partial charge in [-0.05, 0) is 43.0 Å². The molecule has 10 heteroatoms. The molecular weight excluding hydrogens is 444 g/mol. The summed E-state index contributed by atoms with van der Waals surface area (Å²) in [6, 6.07) is 6.25. The molecule has 3 fully saturated rings. The van der Waals surface area contributed by atoms with Crippen LogP contribution < -0.4 is 0 Å². The third kappa shape index (κ3) is 5.74. The fourth-order valence-electron chi connectivity index (χ4n) is 4.54. The highest BCUT2D eigenvalue weighted by Crippen LogP contribution is 2.24. The number of piperazine rings is 1. The van der Waals surface area contributed by atoms with Crippen LogP contribution in [0.4, 0.5) is 0 Å². The zero-order valence-electron chi connectivity index (χ0n) is 19.3. The Labute approximate surface area is 196 Å². The maximum atomic E-state index is 12.9. The Kier molecular flexibility index (Phi) is 7.68. The Morgan fingerprint density at radius 2 is 1.45 bits per heavy atom. The van der Waals surface area contributed by atoms with Gasteiger partial charge in [0, 0.05) is 57.9 Å². The maximum Gasteiger partial charge on any atom is 0.253 e. The smallest absolute Gasteiger partial charge is 0.253 e. The molecule has 1 aromatic rings. The van der Waals surface area contributed by atoms with E-state index in [0.717, 1.165) is 25.9 Å². The van der Waals surface area contributed by atoms with E-state index in [-0.39, 0.29) is 16.7 Å². The first-order valence-electron chi connectivity index (χ1n) is 11.8. The summed E-state index contributed by atoms with van der Waals surface area (Å²) in [5.74, 6) is 0.503. The van der Waals surface area contributed by atoms with Crippen LogP contribution in [0.3, 0.4) is 0 Å². The number of hydrogen-bond acceptors (Lipinski definition) is 6. The zero-order chi connectivity index (χ0) is 23.4. The van der Waals surface area contributed by atoms with Crippen LogP contribution >= 0.6 is 0 Å². The number of ether oxygens (including phenoxy) is 1. The van der Waals surface area contributed by atoms with Gasteiger partial charge in [0.2, 0.25) is 15.9 Å². The molecule has 33 heavy (non-hydrogen) atoms. The number of hydrogen-bond donors (Lipinski definition) is 0. The molecule has 0 spiro atoms. The number of amides is 2. The van der Waals surface area contributed by atoms with Crippen molar-refractivity contribution in [1.82, 2.24) is 19.0 Å². The monoisotopic (exact) mass is 478 g/mol.